The Kier molecular flexibility index (Phi) is 24.7. The summed E-state index contributed by atoms with van der Waals surface area (Å²) in [5, 5.41) is 41.9. The quantitative estimate of drug-likeness (QED) is 0.446. The fourth-order valence-corrected chi connectivity index (χ4v) is 1.13. The number of carboxylic acids is 2. The largest absolute Gasteiger partial charge is 1.00 e. The van der Waals surface area contributed by atoms with Crippen molar-refractivity contribution < 1.29 is 158 Å². The predicted molar refractivity (Wildman–Crippen MR) is 40.3 cm³/mol. The van der Waals surface area contributed by atoms with Crippen LogP contribution in [0.4, 0.5) is 9.59 Å². The molecule has 0 aliphatic rings. The van der Waals surface area contributed by atoms with Crippen LogP contribution in [0.3, 0.4) is 0 Å². The number of imide groups is 1. The fraction of sp³-hybridized carbons (Fsp3) is 0.500. The van der Waals surface area contributed by atoms with Gasteiger partial charge in [-0.15, -0.1) is 0 Å². The van der Waals surface area contributed by atoms with Gasteiger partial charge in [0.1, 0.15) is 12.2 Å². The average molecular weight is 337 g/mol. The Balaban J connectivity index is -0.000000213. The molecule has 0 rings (SSSR count). The molecule has 96 valence electrons. The summed E-state index contributed by atoms with van der Waals surface area (Å²) in [6.07, 6.45) is -6.44. The number of amides is 2. The zero-order chi connectivity index (χ0) is 13.8. The van der Waals surface area contributed by atoms with Crippen molar-refractivity contribution in [2.75, 3.05) is 0 Å². The molecule has 0 aliphatic heterocycles. The Bertz CT molecular complexity index is 365. The van der Waals surface area contributed by atoms with Gasteiger partial charge in [-0.3, -0.25) is 0 Å². The van der Waals surface area contributed by atoms with E-state index in [1.165, 1.54) is 0 Å². The summed E-state index contributed by atoms with van der Waals surface area (Å²) in [6.45, 7) is 0.664. The maximum Gasteiger partial charge on any atom is 1.00 e. The van der Waals surface area contributed by atoms with Gasteiger partial charge in [0.05, 0.1) is 11.5 Å². The van der Waals surface area contributed by atoms with Crippen LogP contribution in [0.15, 0.2) is 0 Å². The molecule has 0 aliphatic carbocycles. The molecule has 9 nitrogen and oxygen atoms in total. The van der Waals surface area contributed by atoms with Gasteiger partial charge in [-0.05, 0) is 19.8 Å². The first-order chi connectivity index (χ1) is 7.62. The predicted octanol–water partition coefficient (Wildman–Crippen LogP) is -17.0. The first-order valence-electron chi connectivity index (χ1n) is 4.26. The molecule has 2 amide bonds. The van der Waals surface area contributed by atoms with E-state index in [0.29, 0.717) is 6.92 Å². The molecule has 13 heteroatoms. The number of hydrogen-bond acceptors (Lipinski definition) is 8. The van der Waals surface area contributed by atoms with Gasteiger partial charge in [-0.1, -0.05) is 0 Å². The van der Waals surface area contributed by atoms with Crippen molar-refractivity contribution in [3.8, 4) is 0 Å². The van der Waals surface area contributed by atoms with Crippen LogP contribution in [0.2, 0.25) is 0 Å². The van der Waals surface area contributed by atoms with Crippen LogP contribution in [-0.2, 0) is 9.59 Å². The van der Waals surface area contributed by atoms with Crippen LogP contribution in [0, 0.1) is 0 Å². The van der Waals surface area contributed by atoms with Gasteiger partial charge in [-0.2, -0.15) is 0 Å². The average Bonchev–Trinajstić information content (AvgIpc) is 2.13. The minimum atomic E-state index is -2.61. The molecule has 0 aromatic heterocycles. The van der Waals surface area contributed by atoms with Crippen molar-refractivity contribution in [3.63, 3.8) is 0 Å². The van der Waals surface area contributed by atoms with E-state index in [-0.39, 0.29) is 118 Å². The van der Waals surface area contributed by atoms with Crippen molar-refractivity contribution in [2.45, 2.75) is 25.3 Å². The van der Waals surface area contributed by atoms with Crippen LogP contribution in [0.25, 0.3) is 0 Å². The van der Waals surface area contributed by atoms with Crippen molar-refractivity contribution in [1.82, 2.24) is 4.90 Å². The molecular formula is C8H7NNa4O8. The summed E-state index contributed by atoms with van der Waals surface area (Å²) in [4.78, 5) is 41.2. The molecule has 0 unspecified atom stereocenters. The van der Waals surface area contributed by atoms with Crippen LogP contribution in [-0.4, -0.2) is 34.6 Å². The second kappa shape index (κ2) is 15.2. The third-order valence-electron chi connectivity index (χ3n) is 2.11. The zero-order valence-electron chi connectivity index (χ0n) is 12.6. The molecule has 0 bridgehead atoms. The molecule has 0 saturated carbocycles. The number of rotatable bonds is 5. The molecule has 0 heterocycles. The molecule has 0 saturated heterocycles. The van der Waals surface area contributed by atoms with E-state index in [9.17, 15) is 39.6 Å². The summed E-state index contributed by atoms with van der Waals surface area (Å²) in [5.41, 5.74) is -2.61. The number of carbonyl (C=O) groups is 4. The standard InChI is InChI=1S/C8H11NO8.4Na/c1-8(5(12)13,3-2-4(10)11)9(6(14)15)7(16)17;;;;/h2-3H2,1H3,(H,10,11)(H,12,13)(H,14,15)(H,16,17);;;;/q;4*+1/p-4/t8-;;;;/m0..../s1. The molecule has 0 spiro atoms. The number of hydrogen-bond donors (Lipinski definition) is 0. The summed E-state index contributed by atoms with van der Waals surface area (Å²) in [6, 6.07) is 0. The third kappa shape index (κ3) is 11.0. The van der Waals surface area contributed by atoms with Crippen molar-refractivity contribution >= 4 is 24.1 Å². The van der Waals surface area contributed by atoms with Gasteiger partial charge in [0.2, 0.25) is 0 Å². The number of carbonyl (C=O) groups excluding carboxylic acids is 4. The van der Waals surface area contributed by atoms with Gasteiger partial charge < -0.3 is 44.5 Å². The van der Waals surface area contributed by atoms with Gasteiger partial charge in [0.25, 0.3) is 0 Å². The molecule has 0 aromatic carbocycles. The monoisotopic (exact) mass is 337 g/mol. The van der Waals surface area contributed by atoms with Crippen LogP contribution in [0.1, 0.15) is 19.8 Å². The van der Waals surface area contributed by atoms with E-state index >= 15 is 0 Å². The normalized spacial score (nSPS) is 10.9. The third-order valence-corrected chi connectivity index (χ3v) is 2.11. The first kappa shape index (κ1) is 34.1. The number of aliphatic carboxylic acids is 2. The molecular weight excluding hydrogens is 330 g/mol. The zero-order valence-corrected chi connectivity index (χ0v) is 20.6. The van der Waals surface area contributed by atoms with E-state index in [0.717, 1.165) is 0 Å². The minimum absolute atomic E-state index is 0. The second-order valence-corrected chi connectivity index (χ2v) is 3.30. The molecule has 0 radical (unpaired) electrons. The molecule has 0 fully saturated rings. The van der Waals surface area contributed by atoms with E-state index in [1.807, 2.05) is 0 Å². The molecule has 21 heavy (non-hydrogen) atoms. The van der Waals surface area contributed by atoms with Gasteiger partial charge in [-0.25, -0.2) is 0 Å². The smallest absolute Gasteiger partial charge is 0.550 e. The van der Waals surface area contributed by atoms with Crippen LogP contribution < -0.4 is 139 Å². The summed E-state index contributed by atoms with van der Waals surface area (Å²) >= 11 is 0. The maximum atomic E-state index is 10.7. The Morgan fingerprint density at radius 2 is 1.19 bits per heavy atom. The summed E-state index contributed by atoms with van der Waals surface area (Å²) < 4.78 is 0. The molecule has 0 N–H and O–H groups in total. The van der Waals surface area contributed by atoms with Crippen molar-refractivity contribution in [2.24, 2.45) is 0 Å². The van der Waals surface area contributed by atoms with E-state index in [2.05, 4.69) is 0 Å². The Morgan fingerprint density at radius 1 is 0.857 bits per heavy atom. The maximum absolute atomic E-state index is 10.7. The van der Waals surface area contributed by atoms with Crippen molar-refractivity contribution in [3.05, 3.63) is 0 Å². The van der Waals surface area contributed by atoms with Gasteiger partial charge >= 0.3 is 118 Å². The fourth-order valence-electron chi connectivity index (χ4n) is 1.13. The van der Waals surface area contributed by atoms with Crippen LogP contribution in [0.5, 0.6) is 0 Å². The molecule has 1 atom stereocenters. The van der Waals surface area contributed by atoms with E-state index in [4.69, 9.17) is 0 Å². The SMILES string of the molecule is C[C@](CCC(=O)[O-])(C(=O)[O-])N(C(=O)[O-])C(=O)[O-].[Na+].[Na+].[Na+].[Na+]. The minimum Gasteiger partial charge on any atom is -0.550 e. The Morgan fingerprint density at radius 3 is 1.38 bits per heavy atom. The van der Waals surface area contributed by atoms with Crippen molar-refractivity contribution in [1.29, 1.82) is 0 Å². The summed E-state index contributed by atoms with van der Waals surface area (Å²) in [5.74, 6) is -3.76. The topological polar surface area (TPSA) is 164 Å². The van der Waals surface area contributed by atoms with Gasteiger partial charge in [0.15, 0.2) is 0 Å². The summed E-state index contributed by atoms with van der Waals surface area (Å²) in [7, 11) is 0. The second-order valence-electron chi connectivity index (χ2n) is 3.30. The van der Waals surface area contributed by atoms with Gasteiger partial charge in [0, 0.05) is 5.97 Å². The number of carboxylic acid groups (broad SMARTS) is 4. The first-order valence-corrected chi connectivity index (χ1v) is 4.26. The Hall–Kier alpha value is 1.68. The Labute approximate surface area is 209 Å². The van der Waals surface area contributed by atoms with E-state index < -0.39 is 47.4 Å². The van der Waals surface area contributed by atoms with E-state index in [1.54, 1.807) is 0 Å². The molecule has 0 aromatic rings. The van der Waals surface area contributed by atoms with Crippen LogP contribution >= 0.6 is 0 Å². The number of nitrogens with zero attached hydrogens (tertiary/aromatic N) is 1.